The van der Waals surface area contributed by atoms with E-state index in [1.165, 1.54) is 0 Å². The Labute approximate surface area is 229 Å². The molecule has 1 aromatic carbocycles. The largest absolute Gasteiger partial charge is 0.396 e. The minimum atomic E-state index is -1.09. The summed E-state index contributed by atoms with van der Waals surface area (Å²) in [7, 11) is 0. The predicted octanol–water partition coefficient (Wildman–Crippen LogP) is 3.43. The molecule has 8 nitrogen and oxygen atoms in total. The van der Waals surface area contributed by atoms with Gasteiger partial charge in [0.25, 0.3) is 5.91 Å². The standard InChI is InChI=1S/C29H38ClN3O5/c1-4-15-31(16-5-2)26(35)23-22-13-14-29(38-22)24(23)27(36)33(18-9-10-19-34)25(29)28(37)32(17-6-3)21-12-8-7-11-20(21)30/h4,6-8,11-12,22-25,34H,1,3,5,9-10,13-19H2,2H3/t22-,23+,24+,25?,29?/m1/s1. The van der Waals surface area contributed by atoms with E-state index in [-0.39, 0.29) is 30.9 Å². The number of likely N-dealkylation sites (tertiary alicyclic amines) is 1. The van der Waals surface area contributed by atoms with Crippen molar-refractivity contribution in [1.29, 1.82) is 0 Å². The van der Waals surface area contributed by atoms with Crippen LogP contribution in [-0.2, 0) is 19.1 Å². The number of hydrogen-bond acceptors (Lipinski definition) is 5. The maximum absolute atomic E-state index is 14.4. The Bertz CT molecular complexity index is 1080. The van der Waals surface area contributed by atoms with E-state index < -0.39 is 29.6 Å². The number of carbonyl (C=O) groups excluding carboxylic acids is 3. The molecule has 206 valence electrons. The summed E-state index contributed by atoms with van der Waals surface area (Å²) >= 11 is 6.49. The minimum absolute atomic E-state index is 0.00928. The van der Waals surface area contributed by atoms with Crippen molar-refractivity contribution in [2.75, 3.05) is 37.7 Å². The molecule has 0 radical (unpaired) electrons. The monoisotopic (exact) mass is 543 g/mol. The van der Waals surface area contributed by atoms with Crippen LogP contribution in [0, 0.1) is 11.8 Å². The quantitative estimate of drug-likeness (QED) is 0.304. The van der Waals surface area contributed by atoms with Crippen LogP contribution in [-0.4, -0.2) is 83.2 Å². The Hall–Kier alpha value is -2.68. The number of hydrogen-bond donors (Lipinski definition) is 1. The van der Waals surface area contributed by atoms with Crippen LogP contribution in [0.2, 0.25) is 5.02 Å². The van der Waals surface area contributed by atoms with Gasteiger partial charge >= 0.3 is 0 Å². The van der Waals surface area contributed by atoms with Crippen LogP contribution in [0.1, 0.15) is 39.0 Å². The Kier molecular flexibility index (Phi) is 8.96. The Morgan fingerprint density at radius 3 is 2.61 bits per heavy atom. The number of carbonyl (C=O) groups is 3. The highest BCUT2D eigenvalue weighted by molar-refractivity contribution is 6.34. The summed E-state index contributed by atoms with van der Waals surface area (Å²) in [5.41, 5.74) is -0.563. The Morgan fingerprint density at radius 1 is 1.21 bits per heavy atom. The fourth-order valence-electron chi connectivity index (χ4n) is 6.53. The van der Waals surface area contributed by atoms with Crippen molar-refractivity contribution in [3.05, 3.63) is 54.6 Å². The molecule has 2 bridgehead atoms. The summed E-state index contributed by atoms with van der Waals surface area (Å²) < 4.78 is 6.57. The van der Waals surface area contributed by atoms with Crippen molar-refractivity contribution in [3.8, 4) is 0 Å². The normalized spacial score (nSPS) is 27.3. The Morgan fingerprint density at radius 2 is 1.95 bits per heavy atom. The third-order valence-electron chi connectivity index (χ3n) is 8.00. The zero-order valence-corrected chi connectivity index (χ0v) is 22.8. The number of aliphatic hydroxyl groups is 1. The topological polar surface area (TPSA) is 90.4 Å². The van der Waals surface area contributed by atoms with Crippen molar-refractivity contribution >= 4 is 35.0 Å². The number of aliphatic hydroxyl groups excluding tert-OH is 1. The van der Waals surface area contributed by atoms with Crippen LogP contribution in [0.15, 0.2) is 49.6 Å². The first kappa shape index (κ1) is 28.3. The molecule has 1 spiro atoms. The number of fused-ring (bicyclic) bond motifs is 1. The number of benzene rings is 1. The third kappa shape index (κ3) is 4.78. The Balaban J connectivity index is 1.75. The molecule has 0 aliphatic carbocycles. The molecule has 3 saturated heterocycles. The van der Waals surface area contributed by atoms with E-state index in [0.717, 1.165) is 6.42 Å². The van der Waals surface area contributed by atoms with Gasteiger partial charge in [0.15, 0.2) is 0 Å². The van der Waals surface area contributed by atoms with Crippen LogP contribution >= 0.6 is 11.6 Å². The van der Waals surface area contributed by atoms with Crippen molar-refractivity contribution in [3.63, 3.8) is 0 Å². The molecule has 9 heteroatoms. The summed E-state index contributed by atoms with van der Waals surface area (Å²) in [4.78, 5) is 47.2. The number of nitrogens with zero attached hydrogens (tertiary/aromatic N) is 3. The number of halogens is 1. The summed E-state index contributed by atoms with van der Waals surface area (Å²) in [5.74, 6) is -2.03. The van der Waals surface area contributed by atoms with E-state index in [4.69, 9.17) is 16.3 Å². The molecular formula is C29H38ClN3O5. The molecule has 4 rings (SSSR count). The smallest absolute Gasteiger partial charge is 0.253 e. The van der Waals surface area contributed by atoms with Crippen molar-refractivity contribution in [1.82, 2.24) is 9.80 Å². The van der Waals surface area contributed by atoms with Gasteiger partial charge in [-0.2, -0.15) is 0 Å². The second kappa shape index (κ2) is 12.0. The lowest BCUT2D eigenvalue weighted by Gasteiger charge is -2.37. The molecule has 38 heavy (non-hydrogen) atoms. The first-order valence-electron chi connectivity index (χ1n) is 13.5. The molecule has 1 aromatic rings. The van der Waals surface area contributed by atoms with Gasteiger partial charge in [0, 0.05) is 32.8 Å². The first-order valence-corrected chi connectivity index (χ1v) is 13.9. The van der Waals surface area contributed by atoms with Gasteiger partial charge in [0.1, 0.15) is 11.6 Å². The zero-order chi connectivity index (χ0) is 27.4. The van der Waals surface area contributed by atoms with Crippen LogP contribution < -0.4 is 4.90 Å². The number of ether oxygens (including phenoxy) is 1. The maximum Gasteiger partial charge on any atom is 0.253 e. The molecular weight excluding hydrogens is 506 g/mol. The lowest BCUT2D eigenvalue weighted by molar-refractivity contribution is -0.145. The van der Waals surface area contributed by atoms with E-state index in [1.54, 1.807) is 51.1 Å². The minimum Gasteiger partial charge on any atom is -0.396 e. The van der Waals surface area contributed by atoms with Crippen molar-refractivity contribution in [2.45, 2.75) is 56.8 Å². The van der Waals surface area contributed by atoms with Gasteiger partial charge in [-0.15, -0.1) is 13.2 Å². The van der Waals surface area contributed by atoms with Gasteiger partial charge in [-0.3, -0.25) is 14.4 Å². The number of para-hydroxylation sites is 1. The summed E-state index contributed by atoms with van der Waals surface area (Å²) in [5, 5.41) is 9.79. The van der Waals surface area contributed by atoms with Crippen LogP contribution in [0.4, 0.5) is 5.69 Å². The molecule has 0 aromatic heterocycles. The number of amides is 3. The molecule has 0 saturated carbocycles. The first-order chi connectivity index (χ1) is 18.4. The highest BCUT2D eigenvalue weighted by Gasteiger charge is 2.74. The second-order valence-electron chi connectivity index (χ2n) is 10.3. The van der Waals surface area contributed by atoms with Gasteiger partial charge in [-0.1, -0.05) is 42.8 Å². The molecule has 3 amide bonds. The predicted molar refractivity (Wildman–Crippen MR) is 147 cm³/mol. The fraction of sp³-hybridized carbons (Fsp3) is 0.552. The van der Waals surface area contributed by atoms with Crippen LogP contribution in [0.5, 0.6) is 0 Å². The maximum atomic E-state index is 14.4. The van der Waals surface area contributed by atoms with Crippen molar-refractivity contribution in [2.24, 2.45) is 11.8 Å². The third-order valence-corrected chi connectivity index (χ3v) is 8.32. The van der Waals surface area contributed by atoms with E-state index >= 15 is 0 Å². The molecule has 3 heterocycles. The summed E-state index contributed by atoms with van der Waals surface area (Å²) in [6.07, 6.45) is 5.84. The van der Waals surface area contributed by atoms with Crippen LogP contribution in [0.3, 0.4) is 0 Å². The van der Waals surface area contributed by atoms with E-state index in [2.05, 4.69) is 13.2 Å². The van der Waals surface area contributed by atoms with Crippen molar-refractivity contribution < 1.29 is 24.2 Å². The number of rotatable bonds is 13. The van der Waals surface area contributed by atoms with Crippen LogP contribution in [0.25, 0.3) is 0 Å². The lowest BCUT2D eigenvalue weighted by Crippen LogP contribution is -2.56. The highest BCUT2D eigenvalue weighted by Crippen LogP contribution is 2.59. The van der Waals surface area contributed by atoms with Gasteiger partial charge in [-0.05, 0) is 44.2 Å². The van der Waals surface area contributed by atoms with E-state index in [1.807, 2.05) is 6.92 Å². The molecule has 1 N–H and O–H groups in total. The number of unbranched alkanes of at least 4 members (excludes halogenated alkanes) is 1. The fourth-order valence-corrected chi connectivity index (χ4v) is 6.77. The molecule has 2 unspecified atom stereocenters. The second-order valence-corrected chi connectivity index (χ2v) is 10.7. The molecule has 3 aliphatic rings. The lowest BCUT2D eigenvalue weighted by atomic mass is 9.70. The van der Waals surface area contributed by atoms with E-state index in [9.17, 15) is 19.5 Å². The van der Waals surface area contributed by atoms with Gasteiger partial charge in [0.2, 0.25) is 11.8 Å². The number of anilines is 1. The molecule has 5 atom stereocenters. The van der Waals surface area contributed by atoms with Gasteiger partial charge in [0.05, 0.1) is 28.6 Å². The summed E-state index contributed by atoms with van der Waals surface area (Å²) in [6, 6.07) is 6.17. The molecule has 3 aliphatic heterocycles. The van der Waals surface area contributed by atoms with Gasteiger partial charge in [-0.25, -0.2) is 0 Å². The SMILES string of the molecule is C=CCN(CCC)C(=O)[C@@H]1[C@H]2C(=O)N(CCCCO)C(C(=O)N(CC=C)c3ccccc3Cl)C23CC[C@H]1O3. The van der Waals surface area contributed by atoms with Gasteiger partial charge < -0.3 is 24.5 Å². The van der Waals surface area contributed by atoms with E-state index in [0.29, 0.717) is 56.0 Å². The zero-order valence-electron chi connectivity index (χ0n) is 22.1. The average molecular weight is 544 g/mol. The summed E-state index contributed by atoms with van der Waals surface area (Å²) in [6.45, 7) is 11.1. The average Bonchev–Trinajstić information content (AvgIpc) is 3.55. The highest BCUT2D eigenvalue weighted by atomic mass is 35.5. The molecule has 3 fully saturated rings.